The van der Waals surface area contributed by atoms with Gasteiger partial charge in [0, 0.05) is 13.0 Å². The Morgan fingerprint density at radius 3 is 1.40 bits per heavy atom. The van der Waals surface area contributed by atoms with E-state index >= 15 is 0 Å². The molecule has 10 heteroatoms. The van der Waals surface area contributed by atoms with Crippen molar-refractivity contribution >= 4 is 13.8 Å². The second-order valence-electron chi connectivity index (χ2n) is 13.9. The van der Waals surface area contributed by atoms with E-state index < -0.39 is 45.8 Å². The molecule has 330 valence electrons. The number of unbranched alkanes of at least 4 members (excludes halogenated alkanes) is 8. The predicted molar refractivity (Wildman–Crippen MR) is 241 cm³/mol. The smallest absolute Gasteiger partial charge is 0.457 e. The van der Waals surface area contributed by atoms with Crippen LogP contribution in [-0.4, -0.2) is 66.3 Å². The molecule has 3 atom stereocenters. The molecule has 0 bridgehead atoms. The SMILES string of the molecule is CC/C=C\C/C=C\C/C=C\C/C=C\C/C=C\CCCCCCCCCCOCC(COP(=O)(O)OCC(O)CO)OC(=O)CC/C=C\C/C=C\C/C=C\C/C=C\CC. The number of phosphoric ester groups is 1. The molecule has 0 amide bonds. The van der Waals surface area contributed by atoms with Gasteiger partial charge in [-0.3, -0.25) is 13.8 Å². The van der Waals surface area contributed by atoms with Crippen LogP contribution in [0.25, 0.3) is 0 Å². The summed E-state index contributed by atoms with van der Waals surface area (Å²) >= 11 is 0. The van der Waals surface area contributed by atoms with Crippen molar-refractivity contribution in [3.63, 3.8) is 0 Å². The van der Waals surface area contributed by atoms with Gasteiger partial charge in [-0.1, -0.05) is 162 Å². The van der Waals surface area contributed by atoms with Crippen molar-refractivity contribution in [3.8, 4) is 0 Å². The van der Waals surface area contributed by atoms with E-state index in [-0.39, 0.29) is 13.0 Å². The fraction of sp³-hybridized carbons (Fsp3) is 0.604. The monoisotopic (exact) mass is 831 g/mol. The Labute approximate surface area is 352 Å². The van der Waals surface area contributed by atoms with Gasteiger partial charge in [-0.15, -0.1) is 0 Å². The molecule has 0 aromatic heterocycles. The lowest BCUT2D eigenvalue weighted by Gasteiger charge is -2.20. The molecular weight excluding hydrogens is 751 g/mol. The van der Waals surface area contributed by atoms with E-state index in [0.29, 0.717) is 13.0 Å². The highest BCUT2D eigenvalue weighted by Gasteiger charge is 2.26. The average molecular weight is 831 g/mol. The van der Waals surface area contributed by atoms with E-state index in [2.05, 4.69) is 111 Å². The summed E-state index contributed by atoms with van der Waals surface area (Å²) in [4.78, 5) is 22.5. The molecule has 0 aromatic carbocycles. The van der Waals surface area contributed by atoms with Crippen LogP contribution in [0.3, 0.4) is 0 Å². The van der Waals surface area contributed by atoms with Crippen molar-refractivity contribution in [1.29, 1.82) is 0 Å². The van der Waals surface area contributed by atoms with Crippen LogP contribution in [-0.2, 0) is 27.9 Å². The second kappa shape index (κ2) is 43.7. The fourth-order valence-corrected chi connectivity index (χ4v) is 6.01. The summed E-state index contributed by atoms with van der Waals surface area (Å²) < 4.78 is 33.2. The molecule has 0 rings (SSSR count). The Morgan fingerprint density at radius 1 is 0.534 bits per heavy atom. The van der Waals surface area contributed by atoms with E-state index in [1.54, 1.807) is 0 Å². The normalized spacial score (nSPS) is 15.1. The third-order valence-electron chi connectivity index (χ3n) is 8.47. The van der Waals surface area contributed by atoms with Gasteiger partial charge in [-0.05, 0) is 83.5 Å². The lowest BCUT2D eigenvalue weighted by atomic mass is 10.1. The summed E-state index contributed by atoms with van der Waals surface area (Å²) in [5.74, 6) is -0.470. The molecule has 0 aliphatic carbocycles. The quantitative estimate of drug-likeness (QED) is 0.0239. The van der Waals surface area contributed by atoms with Crippen molar-refractivity contribution in [1.82, 2.24) is 0 Å². The van der Waals surface area contributed by atoms with Crippen LogP contribution in [0, 0.1) is 0 Å². The molecule has 3 unspecified atom stereocenters. The van der Waals surface area contributed by atoms with Crippen molar-refractivity contribution in [3.05, 3.63) is 109 Å². The van der Waals surface area contributed by atoms with E-state index in [0.717, 1.165) is 83.5 Å². The maximum atomic E-state index is 12.6. The van der Waals surface area contributed by atoms with Gasteiger partial charge in [0.15, 0.2) is 0 Å². The second-order valence-corrected chi connectivity index (χ2v) is 15.4. The molecule has 58 heavy (non-hydrogen) atoms. The molecule has 3 N–H and O–H groups in total. The maximum Gasteiger partial charge on any atom is 0.472 e. The van der Waals surface area contributed by atoms with Crippen molar-refractivity contribution in [2.45, 2.75) is 154 Å². The minimum Gasteiger partial charge on any atom is -0.457 e. The van der Waals surface area contributed by atoms with Crippen molar-refractivity contribution < 1.29 is 43.0 Å². The Hall–Kier alpha value is -2.88. The first-order chi connectivity index (χ1) is 28.3. The summed E-state index contributed by atoms with van der Waals surface area (Å²) in [6.45, 7) is 3.13. The van der Waals surface area contributed by atoms with Gasteiger partial charge in [0.05, 0.1) is 26.4 Å². The predicted octanol–water partition coefficient (Wildman–Crippen LogP) is 12.2. The molecule has 0 aliphatic rings. The van der Waals surface area contributed by atoms with E-state index in [1.807, 2.05) is 12.2 Å². The number of hydrogen-bond acceptors (Lipinski definition) is 8. The lowest BCUT2D eigenvalue weighted by Crippen LogP contribution is -2.29. The van der Waals surface area contributed by atoms with Crippen LogP contribution in [0.15, 0.2) is 109 Å². The average Bonchev–Trinajstić information content (AvgIpc) is 3.21. The number of aliphatic hydroxyl groups excluding tert-OH is 2. The molecule has 0 aromatic rings. The van der Waals surface area contributed by atoms with E-state index in [1.165, 1.54) is 32.1 Å². The van der Waals surface area contributed by atoms with Gasteiger partial charge in [-0.25, -0.2) is 4.57 Å². The minimum atomic E-state index is -4.55. The summed E-state index contributed by atoms with van der Waals surface area (Å²) in [6.07, 6.45) is 56.4. The fourth-order valence-electron chi connectivity index (χ4n) is 5.22. The molecule has 0 saturated carbocycles. The Bertz CT molecular complexity index is 1260. The lowest BCUT2D eigenvalue weighted by molar-refractivity contribution is -0.154. The Morgan fingerprint density at radius 2 is 0.931 bits per heavy atom. The third kappa shape index (κ3) is 42.7. The molecule has 0 heterocycles. The molecule has 0 aliphatic heterocycles. The topological polar surface area (TPSA) is 132 Å². The number of rotatable bonds is 40. The number of phosphoric acid groups is 1. The highest BCUT2D eigenvalue weighted by molar-refractivity contribution is 7.47. The number of carbonyl (C=O) groups excluding carboxylic acids is 1. The van der Waals surface area contributed by atoms with Crippen LogP contribution in [0.1, 0.15) is 142 Å². The summed E-state index contributed by atoms with van der Waals surface area (Å²) in [6, 6.07) is 0. The van der Waals surface area contributed by atoms with Crippen LogP contribution < -0.4 is 0 Å². The molecular formula is C48H79O9P. The van der Waals surface area contributed by atoms with Gasteiger partial charge in [0.2, 0.25) is 0 Å². The zero-order valence-corrected chi connectivity index (χ0v) is 36.9. The third-order valence-corrected chi connectivity index (χ3v) is 9.42. The van der Waals surface area contributed by atoms with Gasteiger partial charge in [-0.2, -0.15) is 0 Å². The highest BCUT2D eigenvalue weighted by Crippen LogP contribution is 2.43. The molecule has 0 spiro atoms. The molecule has 0 saturated heterocycles. The Kier molecular flexibility index (Phi) is 41.5. The van der Waals surface area contributed by atoms with E-state index in [9.17, 15) is 19.4 Å². The van der Waals surface area contributed by atoms with Crippen LogP contribution in [0.2, 0.25) is 0 Å². The first kappa shape index (κ1) is 55.1. The van der Waals surface area contributed by atoms with Crippen LogP contribution in [0.5, 0.6) is 0 Å². The molecule has 9 nitrogen and oxygen atoms in total. The summed E-state index contributed by atoms with van der Waals surface area (Å²) in [7, 11) is -4.55. The number of ether oxygens (including phenoxy) is 2. The Balaban J connectivity index is 4.22. The number of hydrogen-bond donors (Lipinski definition) is 3. The number of esters is 1. The number of allylic oxidation sites excluding steroid dienone is 18. The highest BCUT2D eigenvalue weighted by atomic mass is 31.2. The maximum absolute atomic E-state index is 12.6. The van der Waals surface area contributed by atoms with Crippen molar-refractivity contribution in [2.24, 2.45) is 0 Å². The minimum absolute atomic E-state index is 0.00681. The van der Waals surface area contributed by atoms with Crippen LogP contribution in [0.4, 0.5) is 0 Å². The summed E-state index contributed by atoms with van der Waals surface area (Å²) in [5.41, 5.74) is 0. The summed E-state index contributed by atoms with van der Waals surface area (Å²) in [5, 5.41) is 18.3. The standard InChI is InChI=1S/C48H79O9P/c1-3-5-7-9-11-13-15-17-18-19-20-21-22-23-24-25-26-27-29-31-33-35-37-39-41-54-44-47(45-56-58(52,53)55-43-46(50)42-49)57-48(51)40-38-36-34-32-30-28-16-14-12-10-8-6-4-2/h5-8,11-14,17-18,20-21,23-24,28,30,34,36,46-47,49-50H,3-4,9-10,15-16,19,22,25-27,29,31-33,35,37-45H2,1-2H3,(H,52,53)/b7-5-,8-6-,13-11-,14-12-,18-17-,21-20-,24-23-,30-28-,36-34-. The number of aliphatic hydroxyl groups is 2. The van der Waals surface area contributed by atoms with E-state index in [4.69, 9.17) is 23.6 Å². The number of carbonyl (C=O) groups is 1. The molecule has 0 radical (unpaired) electrons. The van der Waals surface area contributed by atoms with Gasteiger partial charge >= 0.3 is 13.8 Å². The van der Waals surface area contributed by atoms with Crippen molar-refractivity contribution in [2.75, 3.05) is 33.0 Å². The zero-order chi connectivity index (χ0) is 42.5. The molecule has 0 fully saturated rings. The first-order valence-electron chi connectivity index (χ1n) is 21.9. The van der Waals surface area contributed by atoms with Gasteiger partial charge in [0.25, 0.3) is 0 Å². The van der Waals surface area contributed by atoms with Crippen LogP contribution >= 0.6 is 7.82 Å². The first-order valence-corrected chi connectivity index (χ1v) is 23.4. The van der Waals surface area contributed by atoms with Gasteiger partial charge < -0.3 is 24.6 Å². The largest absolute Gasteiger partial charge is 0.472 e. The zero-order valence-electron chi connectivity index (χ0n) is 36.0. The van der Waals surface area contributed by atoms with Gasteiger partial charge in [0.1, 0.15) is 12.2 Å².